The first-order valence-corrected chi connectivity index (χ1v) is 42.4. The minimum absolute atomic E-state index is 0.00659. The number of rotatable bonds is 54. The van der Waals surface area contributed by atoms with Crippen molar-refractivity contribution in [3.05, 3.63) is 103 Å². The standard InChI is InChI=1S/C79H128N4O10S3/c1-5-9-13-17-21-25-29-33-37-47-65-90-76-57-55-74(69-78(76)92-67-49-39-35-31-27-23-19-15-11-7-3)95(86,87)82-61-43-41-59-81(94(84,85)73-53-51-72(71-80)52-54-73)60-42-44-62-83(64-46-45-63-82)96(88,89)75-56-58-77(91-66-48-38-34-30-26-22-18-14-10-6-2)79(70-75)93-68-50-40-36-32-28-24-20-16-12-8-4/h41-46,51-58,69-70H,5-40,47-50,59-68H2,1-4H3/b43-41+,44-42+,46-45+. The van der Waals surface area contributed by atoms with Crippen LogP contribution in [0.1, 0.15) is 290 Å². The molecule has 17 heteroatoms. The molecule has 542 valence electrons. The van der Waals surface area contributed by atoms with Gasteiger partial charge in [0.25, 0.3) is 0 Å². The highest BCUT2D eigenvalue weighted by Crippen LogP contribution is 2.34. The molecule has 1 aliphatic heterocycles. The van der Waals surface area contributed by atoms with E-state index in [9.17, 15) is 13.7 Å². The van der Waals surface area contributed by atoms with E-state index in [1.54, 1.807) is 72.9 Å². The Kier molecular flexibility index (Phi) is 45.6. The molecule has 0 saturated carbocycles. The second-order valence-electron chi connectivity index (χ2n) is 26.4. The van der Waals surface area contributed by atoms with Gasteiger partial charge in [-0.25, -0.2) is 25.3 Å². The molecule has 0 aromatic heterocycles. The zero-order valence-corrected chi connectivity index (χ0v) is 62.6. The van der Waals surface area contributed by atoms with E-state index in [1.165, 1.54) is 217 Å². The maximum atomic E-state index is 15.1. The lowest BCUT2D eigenvalue weighted by atomic mass is 10.1. The summed E-state index contributed by atoms with van der Waals surface area (Å²) < 4.78 is 118. The monoisotopic (exact) mass is 1390 g/mol. The molecule has 0 N–H and O–H groups in total. The van der Waals surface area contributed by atoms with Gasteiger partial charge in [0, 0.05) is 51.4 Å². The van der Waals surface area contributed by atoms with Crippen molar-refractivity contribution in [1.29, 1.82) is 5.26 Å². The van der Waals surface area contributed by atoms with Crippen LogP contribution in [0, 0.1) is 11.3 Å². The fourth-order valence-corrected chi connectivity index (χ4v) is 16.0. The van der Waals surface area contributed by atoms with Crippen LogP contribution < -0.4 is 18.9 Å². The number of benzene rings is 3. The third kappa shape index (κ3) is 34.4. The lowest BCUT2D eigenvalue weighted by Crippen LogP contribution is -2.33. The number of unbranched alkanes of at least 4 members (excludes halogenated alkanes) is 36. The molecule has 0 unspecified atom stereocenters. The summed E-state index contributed by atoms with van der Waals surface area (Å²) in [6, 6.07) is 17.3. The molecule has 3 aromatic carbocycles. The van der Waals surface area contributed by atoms with E-state index in [0.29, 0.717) is 55.0 Å². The molecule has 0 bridgehead atoms. The Hall–Kier alpha value is -4.70. The van der Waals surface area contributed by atoms with Gasteiger partial charge in [0.1, 0.15) is 0 Å². The summed E-state index contributed by atoms with van der Waals surface area (Å²) in [4.78, 5) is -0.0118. The highest BCUT2D eigenvalue weighted by molar-refractivity contribution is 7.89. The van der Waals surface area contributed by atoms with Crippen molar-refractivity contribution in [3.8, 4) is 29.1 Å². The van der Waals surface area contributed by atoms with Gasteiger partial charge in [-0.05, 0) is 74.2 Å². The molecule has 0 aliphatic carbocycles. The van der Waals surface area contributed by atoms with Crippen LogP contribution in [0.2, 0.25) is 0 Å². The van der Waals surface area contributed by atoms with Crippen molar-refractivity contribution >= 4 is 30.1 Å². The minimum Gasteiger partial charge on any atom is -0.490 e. The molecular formula is C79H128N4O10S3. The van der Waals surface area contributed by atoms with Crippen LogP contribution in [0.4, 0.5) is 0 Å². The molecule has 0 amide bonds. The van der Waals surface area contributed by atoms with E-state index < -0.39 is 30.1 Å². The lowest BCUT2D eigenvalue weighted by Gasteiger charge is -2.22. The molecule has 1 aliphatic rings. The Morgan fingerprint density at radius 3 is 0.740 bits per heavy atom. The molecular weight excluding hydrogens is 1260 g/mol. The SMILES string of the molecule is CCCCCCCCCCCCOc1ccc(S(=O)(=O)N2C/C=C/CN(S(=O)(=O)c3ccc(C#N)cc3)C/C=C/CN(S(=O)(=O)c3ccc(OCCCCCCCCCCCC)c(OCCCCCCCCCCCC)c3)C/C=C/C2)cc1OCCCCCCCCCCCC. The zero-order chi connectivity index (χ0) is 69.1. The van der Waals surface area contributed by atoms with Crippen LogP contribution in [0.3, 0.4) is 0 Å². The average molecular weight is 1390 g/mol. The molecule has 1 heterocycles. The van der Waals surface area contributed by atoms with E-state index in [4.69, 9.17) is 18.9 Å². The number of hydrogen-bond donors (Lipinski definition) is 0. The summed E-state index contributed by atoms with van der Waals surface area (Å²) >= 11 is 0. The molecule has 0 atom stereocenters. The molecule has 0 fully saturated rings. The van der Waals surface area contributed by atoms with E-state index in [0.717, 1.165) is 77.0 Å². The van der Waals surface area contributed by atoms with Crippen molar-refractivity contribution in [2.24, 2.45) is 0 Å². The van der Waals surface area contributed by atoms with Gasteiger partial charge in [-0.3, -0.25) is 0 Å². The van der Waals surface area contributed by atoms with Crippen molar-refractivity contribution in [1.82, 2.24) is 12.9 Å². The topological polar surface area (TPSA) is 173 Å². The van der Waals surface area contributed by atoms with Crippen LogP contribution in [0.15, 0.2) is 112 Å². The number of nitriles is 1. The van der Waals surface area contributed by atoms with Crippen molar-refractivity contribution in [2.75, 3.05) is 65.7 Å². The summed E-state index contributed by atoms with van der Waals surface area (Å²) in [5.74, 6) is 1.71. The van der Waals surface area contributed by atoms with E-state index >= 15 is 16.8 Å². The summed E-state index contributed by atoms with van der Waals surface area (Å²) in [6.07, 6.45) is 57.2. The second kappa shape index (κ2) is 52.3. The molecule has 96 heavy (non-hydrogen) atoms. The second-order valence-corrected chi connectivity index (χ2v) is 32.2. The smallest absolute Gasteiger partial charge is 0.243 e. The third-order valence-electron chi connectivity index (χ3n) is 18.1. The van der Waals surface area contributed by atoms with Gasteiger partial charge in [-0.1, -0.05) is 295 Å². The lowest BCUT2D eigenvalue weighted by molar-refractivity contribution is 0.257. The van der Waals surface area contributed by atoms with Crippen molar-refractivity contribution < 1.29 is 44.2 Å². The number of nitrogens with zero attached hydrogens (tertiary/aromatic N) is 4. The molecule has 3 aromatic rings. The summed E-state index contributed by atoms with van der Waals surface area (Å²) in [5, 5.41) is 9.49. The Morgan fingerprint density at radius 2 is 0.500 bits per heavy atom. The Bertz CT molecular complexity index is 2830. The third-order valence-corrected chi connectivity index (χ3v) is 23.6. The maximum Gasteiger partial charge on any atom is 0.243 e. The summed E-state index contributed by atoms with van der Waals surface area (Å²) in [5.41, 5.74) is 0.306. The average Bonchev–Trinajstić information content (AvgIpc) is 0.845. The Morgan fingerprint density at radius 1 is 0.292 bits per heavy atom. The summed E-state index contributed by atoms with van der Waals surface area (Å²) in [7, 11) is -12.7. The van der Waals surface area contributed by atoms with E-state index in [2.05, 4.69) is 27.7 Å². The first-order chi connectivity index (χ1) is 46.8. The van der Waals surface area contributed by atoms with E-state index in [-0.39, 0.29) is 54.0 Å². The van der Waals surface area contributed by atoms with Crippen LogP contribution >= 0.6 is 0 Å². The van der Waals surface area contributed by atoms with Gasteiger partial charge in [-0.2, -0.15) is 18.2 Å². The van der Waals surface area contributed by atoms with Gasteiger partial charge in [0.2, 0.25) is 30.1 Å². The fourth-order valence-electron chi connectivity index (χ4n) is 12.0. The van der Waals surface area contributed by atoms with Gasteiger partial charge >= 0.3 is 0 Å². The summed E-state index contributed by atoms with van der Waals surface area (Å²) in [6.45, 7) is 9.97. The van der Waals surface area contributed by atoms with Crippen LogP contribution in [0.5, 0.6) is 23.0 Å². The highest BCUT2D eigenvalue weighted by atomic mass is 32.2. The number of ether oxygens (including phenoxy) is 4. The normalized spacial score (nSPS) is 15.2. The quantitative estimate of drug-likeness (QED) is 0.0389. The molecule has 4 rings (SSSR count). The number of sulfonamides is 3. The van der Waals surface area contributed by atoms with Gasteiger partial charge < -0.3 is 18.9 Å². The van der Waals surface area contributed by atoms with E-state index in [1.807, 2.05) is 6.07 Å². The Balaban J connectivity index is 1.62. The fraction of sp³-hybridized carbons (Fsp3) is 0.684. The largest absolute Gasteiger partial charge is 0.490 e. The molecule has 14 nitrogen and oxygen atoms in total. The number of hydrogen-bond acceptors (Lipinski definition) is 11. The minimum atomic E-state index is -4.27. The van der Waals surface area contributed by atoms with Crippen molar-refractivity contribution in [2.45, 2.75) is 299 Å². The highest BCUT2D eigenvalue weighted by Gasteiger charge is 2.28. The van der Waals surface area contributed by atoms with Crippen LogP contribution in [0.25, 0.3) is 0 Å². The first kappa shape index (κ1) is 83.7. The predicted molar refractivity (Wildman–Crippen MR) is 397 cm³/mol. The predicted octanol–water partition coefficient (Wildman–Crippen LogP) is 20.8. The van der Waals surface area contributed by atoms with Gasteiger partial charge in [0.15, 0.2) is 23.0 Å². The van der Waals surface area contributed by atoms with Crippen LogP contribution in [-0.2, 0) is 30.1 Å². The van der Waals surface area contributed by atoms with Gasteiger partial charge in [-0.15, -0.1) is 0 Å². The first-order valence-electron chi connectivity index (χ1n) is 38.1. The van der Waals surface area contributed by atoms with Gasteiger partial charge in [0.05, 0.1) is 52.7 Å². The maximum absolute atomic E-state index is 15.1. The zero-order valence-electron chi connectivity index (χ0n) is 60.2. The van der Waals surface area contributed by atoms with Crippen LogP contribution in [-0.4, -0.2) is 104 Å². The molecule has 0 spiro atoms. The van der Waals surface area contributed by atoms with Crippen molar-refractivity contribution in [3.63, 3.8) is 0 Å². The molecule has 0 radical (unpaired) electrons. The molecule has 0 saturated heterocycles. The Labute approximate surface area is 585 Å².